The summed E-state index contributed by atoms with van der Waals surface area (Å²) in [5.41, 5.74) is 6.39. The van der Waals surface area contributed by atoms with Crippen LogP contribution in [0.5, 0.6) is 5.75 Å². The maximum absolute atomic E-state index is 13.3. The molecule has 0 N–H and O–H groups in total. The van der Waals surface area contributed by atoms with Crippen LogP contribution in [0.3, 0.4) is 0 Å². The molecule has 0 unspecified atom stereocenters. The van der Waals surface area contributed by atoms with Crippen LogP contribution < -0.4 is 4.74 Å². The van der Waals surface area contributed by atoms with Crippen LogP contribution in [0.15, 0.2) is 59.5 Å². The van der Waals surface area contributed by atoms with Crippen molar-refractivity contribution in [1.29, 1.82) is 0 Å². The van der Waals surface area contributed by atoms with Gasteiger partial charge in [0, 0.05) is 5.56 Å². The number of hydrogen-bond donors (Lipinski definition) is 0. The van der Waals surface area contributed by atoms with Crippen LogP contribution in [0.1, 0.15) is 96.0 Å². The highest BCUT2D eigenvalue weighted by atomic mass is 32.2. The van der Waals surface area contributed by atoms with Crippen LogP contribution in [0.2, 0.25) is 0 Å². The minimum Gasteiger partial charge on any atom is -0.421 e. The van der Waals surface area contributed by atoms with E-state index in [1.807, 2.05) is 62.4 Å². The van der Waals surface area contributed by atoms with Crippen molar-refractivity contribution in [2.75, 3.05) is 0 Å². The molecule has 0 saturated carbocycles. The topological polar surface area (TPSA) is 43.4 Å². The highest BCUT2D eigenvalue weighted by molar-refractivity contribution is 8.14. The number of esters is 1. The Morgan fingerprint density at radius 1 is 0.806 bits per heavy atom. The van der Waals surface area contributed by atoms with Crippen molar-refractivity contribution < 1.29 is 14.3 Å². The Labute approximate surface area is 220 Å². The van der Waals surface area contributed by atoms with Crippen molar-refractivity contribution in [2.24, 2.45) is 0 Å². The van der Waals surface area contributed by atoms with E-state index in [1.165, 1.54) is 11.1 Å². The van der Waals surface area contributed by atoms with Gasteiger partial charge >= 0.3 is 5.97 Å². The molecule has 0 radical (unpaired) electrons. The summed E-state index contributed by atoms with van der Waals surface area (Å²) in [6, 6.07) is 17.5. The first-order valence-corrected chi connectivity index (χ1v) is 13.6. The first kappa shape index (κ1) is 27.7. The third kappa shape index (κ3) is 6.67. The van der Waals surface area contributed by atoms with Gasteiger partial charge in [0.1, 0.15) is 5.75 Å². The predicted molar refractivity (Wildman–Crippen MR) is 151 cm³/mol. The van der Waals surface area contributed by atoms with E-state index in [2.05, 4.69) is 40.7 Å². The zero-order valence-corrected chi connectivity index (χ0v) is 23.5. The third-order valence-electron chi connectivity index (χ3n) is 6.32. The van der Waals surface area contributed by atoms with Crippen LogP contribution in [-0.2, 0) is 18.3 Å². The number of benzene rings is 3. The number of ether oxygens (including phenoxy) is 1. The second kappa shape index (κ2) is 11.9. The Morgan fingerprint density at radius 3 is 1.78 bits per heavy atom. The molecule has 0 saturated heterocycles. The summed E-state index contributed by atoms with van der Waals surface area (Å²) < 4.78 is 5.99. The molecule has 0 amide bonds. The van der Waals surface area contributed by atoms with Gasteiger partial charge in [-0.15, -0.1) is 0 Å². The van der Waals surface area contributed by atoms with Crippen molar-refractivity contribution >= 4 is 22.8 Å². The molecular formula is C32H38O3S. The SMILES string of the molecule is CCCc1ccc(C(=O)Oc2c(C)cc(C(C)(C)C)c(C)c2SC(=O)c2ccc(CCC)cc2)cc1. The Morgan fingerprint density at radius 2 is 1.31 bits per heavy atom. The summed E-state index contributed by atoms with van der Waals surface area (Å²) in [7, 11) is 0. The summed E-state index contributed by atoms with van der Waals surface area (Å²) in [4.78, 5) is 27.2. The Hall–Kier alpha value is -2.85. The lowest BCUT2D eigenvalue weighted by atomic mass is 9.83. The van der Waals surface area contributed by atoms with E-state index in [0.717, 1.165) is 54.1 Å². The van der Waals surface area contributed by atoms with Gasteiger partial charge in [-0.3, -0.25) is 4.79 Å². The molecule has 0 aliphatic carbocycles. The molecule has 4 heteroatoms. The average molecular weight is 503 g/mol. The number of aryl methyl sites for hydroxylation is 3. The largest absolute Gasteiger partial charge is 0.421 e. The lowest BCUT2D eigenvalue weighted by molar-refractivity contribution is 0.0728. The van der Waals surface area contributed by atoms with Crippen LogP contribution in [0, 0.1) is 13.8 Å². The van der Waals surface area contributed by atoms with Gasteiger partial charge in [0.2, 0.25) is 5.12 Å². The molecule has 0 aromatic heterocycles. The predicted octanol–water partition coefficient (Wildman–Crippen LogP) is 8.66. The molecule has 0 atom stereocenters. The smallest absolute Gasteiger partial charge is 0.343 e. The fraction of sp³-hybridized carbons (Fsp3) is 0.375. The van der Waals surface area contributed by atoms with E-state index in [9.17, 15) is 9.59 Å². The van der Waals surface area contributed by atoms with Gasteiger partial charge in [0.15, 0.2) is 0 Å². The molecular weight excluding hydrogens is 464 g/mol. The molecule has 3 nitrogen and oxygen atoms in total. The van der Waals surface area contributed by atoms with Gasteiger partial charge in [-0.25, -0.2) is 4.79 Å². The van der Waals surface area contributed by atoms with Crippen LogP contribution in [0.4, 0.5) is 0 Å². The lowest BCUT2D eigenvalue weighted by Crippen LogP contribution is -2.16. The standard InChI is InChI=1S/C32H38O3S/c1-8-10-23-12-16-25(17-13-23)30(33)35-28-21(3)20-27(32(5,6)7)22(4)29(28)36-31(34)26-18-14-24(11-9-2)15-19-26/h12-20H,8-11H2,1-7H3. The summed E-state index contributed by atoms with van der Waals surface area (Å²) in [6.07, 6.45) is 4.09. The molecule has 0 spiro atoms. The fourth-order valence-corrected chi connectivity index (χ4v) is 5.38. The molecule has 3 rings (SSSR count). The second-order valence-corrected chi connectivity index (χ2v) is 11.4. The molecule has 0 heterocycles. The van der Waals surface area contributed by atoms with Crippen molar-refractivity contribution in [3.63, 3.8) is 0 Å². The summed E-state index contributed by atoms with van der Waals surface area (Å²) >= 11 is 1.14. The molecule has 0 fully saturated rings. The molecule has 0 bridgehead atoms. The Bertz CT molecular complexity index is 1220. The van der Waals surface area contributed by atoms with E-state index in [4.69, 9.17) is 4.74 Å². The third-order valence-corrected chi connectivity index (χ3v) is 7.44. The van der Waals surface area contributed by atoms with Crippen LogP contribution >= 0.6 is 11.8 Å². The highest BCUT2D eigenvalue weighted by Crippen LogP contribution is 2.42. The minimum atomic E-state index is -0.415. The first-order chi connectivity index (χ1) is 17.0. The summed E-state index contributed by atoms with van der Waals surface area (Å²) in [6.45, 7) is 14.7. The maximum Gasteiger partial charge on any atom is 0.343 e. The van der Waals surface area contributed by atoms with Crippen molar-refractivity contribution in [3.8, 4) is 5.75 Å². The van der Waals surface area contributed by atoms with E-state index < -0.39 is 5.97 Å². The van der Waals surface area contributed by atoms with Crippen molar-refractivity contribution in [2.45, 2.75) is 84.5 Å². The van der Waals surface area contributed by atoms with Gasteiger partial charge in [-0.1, -0.05) is 89.9 Å². The monoisotopic (exact) mass is 502 g/mol. The van der Waals surface area contributed by atoms with Gasteiger partial charge in [-0.2, -0.15) is 0 Å². The highest BCUT2D eigenvalue weighted by Gasteiger charge is 2.26. The number of carbonyl (C=O) groups is 2. The molecule has 190 valence electrons. The van der Waals surface area contributed by atoms with Crippen LogP contribution in [0.25, 0.3) is 0 Å². The lowest BCUT2D eigenvalue weighted by Gasteiger charge is -2.26. The maximum atomic E-state index is 13.3. The Kier molecular flexibility index (Phi) is 9.19. The Balaban J connectivity index is 1.98. The summed E-state index contributed by atoms with van der Waals surface area (Å²) in [5.74, 6) is 0.0476. The van der Waals surface area contributed by atoms with E-state index in [0.29, 0.717) is 21.8 Å². The molecule has 36 heavy (non-hydrogen) atoms. The second-order valence-electron chi connectivity index (χ2n) is 10.4. The van der Waals surface area contributed by atoms with Crippen molar-refractivity contribution in [1.82, 2.24) is 0 Å². The number of carbonyl (C=O) groups excluding carboxylic acids is 2. The zero-order chi connectivity index (χ0) is 26.5. The van der Waals surface area contributed by atoms with Gasteiger partial charge in [-0.05, 0) is 83.8 Å². The summed E-state index contributed by atoms with van der Waals surface area (Å²) in [5, 5.41) is -0.0622. The van der Waals surface area contributed by atoms with Crippen LogP contribution in [-0.4, -0.2) is 11.1 Å². The van der Waals surface area contributed by atoms with Crippen molar-refractivity contribution in [3.05, 3.63) is 93.5 Å². The van der Waals surface area contributed by atoms with Gasteiger partial charge in [0.25, 0.3) is 0 Å². The zero-order valence-electron chi connectivity index (χ0n) is 22.7. The van der Waals surface area contributed by atoms with E-state index >= 15 is 0 Å². The molecule has 0 aliphatic heterocycles. The van der Waals surface area contributed by atoms with E-state index in [-0.39, 0.29) is 10.5 Å². The van der Waals surface area contributed by atoms with E-state index in [1.54, 1.807) is 0 Å². The average Bonchev–Trinajstić information content (AvgIpc) is 2.83. The minimum absolute atomic E-state index is 0.0622. The quantitative estimate of drug-likeness (QED) is 0.176. The molecule has 0 aliphatic rings. The first-order valence-electron chi connectivity index (χ1n) is 12.8. The number of thioether (sulfide) groups is 1. The molecule has 3 aromatic carbocycles. The normalized spacial score (nSPS) is 11.4. The fourth-order valence-electron chi connectivity index (χ4n) is 4.39. The van der Waals surface area contributed by atoms with Gasteiger partial charge in [0.05, 0.1) is 10.5 Å². The van der Waals surface area contributed by atoms with Gasteiger partial charge < -0.3 is 4.74 Å². The number of rotatable bonds is 8. The number of hydrogen-bond acceptors (Lipinski definition) is 4. The molecule has 3 aromatic rings.